The number of hydrogen-bond donors (Lipinski definition) is 1. The number of hydrogen-bond acceptors (Lipinski definition) is 5. The van der Waals surface area contributed by atoms with E-state index in [1.54, 1.807) is 6.20 Å². The summed E-state index contributed by atoms with van der Waals surface area (Å²) >= 11 is 0. The summed E-state index contributed by atoms with van der Waals surface area (Å²) in [4.78, 5) is 21.9. The Balaban J connectivity index is 1.62. The van der Waals surface area contributed by atoms with E-state index in [0.29, 0.717) is 12.4 Å². The Morgan fingerprint density at radius 1 is 1.29 bits per heavy atom. The van der Waals surface area contributed by atoms with E-state index < -0.39 is 0 Å². The maximum absolute atomic E-state index is 13.2. The minimum atomic E-state index is 0.0668. The highest BCUT2D eigenvalue weighted by Crippen LogP contribution is 2.31. The molecule has 7 heteroatoms. The summed E-state index contributed by atoms with van der Waals surface area (Å²) in [6, 6.07) is 9.87. The maximum atomic E-state index is 13.2. The van der Waals surface area contributed by atoms with Gasteiger partial charge in [-0.05, 0) is 64.5 Å². The Morgan fingerprint density at radius 2 is 2.13 bits per heavy atom. The van der Waals surface area contributed by atoms with Gasteiger partial charge >= 0.3 is 0 Å². The van der Waals surface area contributed by atoms with Crippen LogP contribution in [0.5, 0.6) is 5.88 Å². The number of aromatic amines is 1. The molecule has 0 spiro atoms. The minimum absolute atomic E-state index is 0.0668. The van der Waals surface area contributed by atoms with Gasteiger partial charge in [-0.3, -0.25) is 9.89 Å². The number of ether oxygens (including phenoxy) is 1. The average Bonchev–Trinajstić information content (AvgIpc) is 3.41. The molecular weight excluding hydrogens is 390 g/mol. The van der Waals surface area contributed by atoms with Crippen LogP contribution in [0.2, 0.25) is 0 Å². The average molecular weight is 422 g/mol. The first-order valence-electron chi connectivity index (χ1n) is 11.1. The number of carbonyl (C=O) groups excluding carboxylic acids is 1. The molecule has 0 aliphatic carbocycles. The normalized spacial score (nSPS) is 16.9. The molecule has 31 heavy (non-hydrogen) atoms. The fourth-order valence-corrected chi connectivity index (χ4v) is 4.23. The lowest BCUT2D eigenvalue weighted by Crippen LogP contribution is -2.37. The van der Waals surface area contributed by atoms with Crippen LogP contribution in [0.3, 0.4) is 0 Å². The van der Waals surface area contributed by atoms with E-state index in [0.717, 1.165) is 53.9 Å². The number of likely N-dealkylation sites (tertiary alicyclic amines) is 1. The Morgan fingerprint density at radius 3 is 2.77 bits per heavy atom. The van der Waals surface area contributed by atoms with Gasteiger partial charge in [-0.2, -0.15) is 5.10 Å². The predicted octanol–water partition coefficient (Wildman–Crippen LogP) is 4.11. The first kappa shape index (κ1) is 21.3. The van der Waals surface area contributed by atoms with Crippen LogP contribution in [-0.2, 0) is 4.79 Å². The van der Waals surface area contributed by atoms with Crippen molar-refractivity contribution in [3.63, 3.8) is 0 Å². The van der Waals surface area contributed by atoms with Crippen LogP contribution < -0.4 is 9.64 Å². The van der Waals surface area contributed by atoms with Crippen LogP contribution in [0, 0.1) is 5.92 Å². The SMILES string of the molecule is CCN1CCC(C(=O)N(CC)c2ccc3[nH]nc(-c4ccc(OC(C)C)nc4)c3c2)C1. The Hall–Kier alpha value is -2.93. The molecule has 2 aromatic heterocycles. The van der Waals surface area contributed by atoms with Gasteiger partial charge in [0.05, 0.1) is 17.5 Å². The molecule has 0 saturated carbocycles. The number of amides is 1. The highest BCUT2D eigenvalue weighted by atomic mass is 16.5. The first-order valence-corrected chi connectivity index (χ1v) is 11.1. The fraction of sp³-hybridized carbons (Fsp3) is 0.458. The van der Waals surface area contributed by atoms with Gasteiger partial charge in [0, 0.05) is 42.0 Å². The number of carbonyl (C=O) groups is 1. The molecule has 3 heterocycles. The molecule has 0 radical (unpaired) electrons. The molecule has 0 bridgehead atoms. The van der Waals surface area contributed by atoms with Crippen LogP contribution in [0.25, 0.3) is 22.2 Å². The number of pyridine rings is 1. The molecule has 1 aromatic carbocycles. The van der Waals surface area contributed by atoms with E-state index in [4.69, 9.17) is 4.74 Å². The van der Waals surface area contributed by atoms with Crippen molar-refractivity contribution in [1.29, 1.82) is 0 Å². The molecule has 164 valence electrons. The van der Waals surface area contributed by atoms with Gasteiger partial charge in [0.2, 0.25) is 11.8 Å². The Bertz CT molecular complexity index is 1040. The molecular formula is C24H31N5O2. The molecule has 3 aromatic rings. The minimum Gasteiger partial charge on any atom is -0.475 e. The van der Waals surface area contributed by atoms with E-state index in [9.17, 15) is 4.79 Å². The Kier molecular flexibility index (Phi) is 6.23. The van der Waals surface area contributed by atoms with E-state index >= 15 is 0 Å². The van der Waals surface area contributed by atoms with Crippen LogP contribution in [0.4, 0.5) is 5.69 Å². The Labute approximate surface area is 183 Å². The third-order valence-electron chi connectivity index (χ3n) is 5.88. The summed E-state index contributed by atoms with van der Waals surface area (Å²) in [6.45, 7) is 11.6. The van der Waals surface area contributed by atoms with E-state index in [-0.39, 0.29) is 17.9 Å². The van der Waals surface area contributed by atoms with Crippen molar-refractivity contribution in [1.82, 2.24) is 20.1 Å². The molecule has 1 aliphatic rings. The molecule has 1 amide bonds. The number of H-pyrrole nitrogens is 1. The van der Waals surface area contributed by atoms with Crippen LogP contribution in [0.15, 0.2) is 36.5 Å². The lowest BCUT2D eigenvalue weighted by atomic mass is 10.1. The van der Waals surface area contributed by atoms with Gasteiger partial charge < -0.3 is 14.5 Å². The summed E-state index contributed by atoms with van der Waals surface area (Å²) in [7, 11) is 0. The number of nitrogens with one attached hydrogen (secondary N) is 1. The zero-order valence-corrected chi connectivity index (χ0v) is 18.8. The summed E-state index contributed by atoms with van der Waals surface area (Å²) in [5, 5.41) is 8.58. The standard InChI is InChI=1S/C24H31N5O2/c1-5-28-12-11-18(15-28)24(30)29(6-2)19-8-9-21-20(13-19)23(27-26-21)17-7-10-22(25-14-17)31-16(3)4/h7-10,13-14,16,18H,5-6,11-12,15H2,1-4H3,(H,26,27). The number of rotatable bonds is 7. The van der Waals surface area contributed by atoms with E-state index in [2.05, 4.69) is 33.1 Å². The molecule has 1 atom stereocenters. The largest absolute Gasteiger partial charge is 0.475 e. The summed E-state index contributed by atoms with van der Waals surface area (Å²) in [5.41, 5.74) is 3.57. The van der Waals surface area contributed by atoms with Crippen molar-refractivity contribution in [3.8, 4) is 17.1 Å². The van der Waals surface area contributed by atoms with E-state index in [1.807, 2.05) is 49.9 Å². The van der Waals surface area contributed by atoms with Crippen LogP contribution in [0.1, 0.15) is 34.1 Å². The number of aromatic nitrogens is 3. The van der Waals surface area contributed by atoms with Crippen molar-refractivity contribution in [2.24, 2.45) is 5.92 Å². The smallest absolute Gasteiger partial charge is 0.231 e. The van der Waals surface area contributed by atoms with Crippen molar-refractivity contribution < 1.29 is 9.53 Å². The topological polar surface area (TPSA) is 74.4 Å². The molecule has 1 fully saturated rings. The quantitative estimate of drug-likeness (QED) is 0.622. The fourth-order valence-electron chi connectivity index (χ4n) is 4.23. The van der Waals surface area contributed by atoms with Gasteiger partial charge in [-0.25, -0.2) is 4.98 Å². The molecule has 1 aliphatic heterocycles. The highest BCUT2D eigenvalue weighted by molar-refractivity contribution is 6.00. The van der Waals surface area contributed by atoms with Gasteiger partial charge in [0.25, 0.3) is 0 Å². The van der Waals surface area contributed by atoms with Crippen LogP contribution >= 0.6 is 0 Å². The second kappa shape index (κ2) is 9.06. The molecule has 1 saturated heterocycles. The van der Waals surface area contributed by atoms with E-state index in [1.165, 1.54) is 0 Å². The van der Waals surface area contributed by atoms with Crippen LogP contribution in [-0.4, -0.2) is 58.3 Å². The number of benzene rings is 1. The second-order valence-electron chi connectivity index (χ2n) is 8.32. The highest BCUT2D eigenvalue weighted by Gasteiger charge is 2.31. The number of anilines is 1. The van der Waals surface area contributed by atoms with Gasteiger partial charge in [0.15, 0.2) is 0 Å². The summed E-state index contributed by atoms with van der Waals surface area (Å²) < 4.78 is 5.64. The molecule has 7 nitrogen and oxygen atoms in total. The van der Waals surface area contributed by atoms with Gasteiger partial charge in [-0.15, -0.1) is 0 Å². The zero-order chi connectivity index (χ0) is 22.0. The van der Waals surface area contributed by atoms with Gasteiger partial charge in [0.1, 0.15) is 5.69 Å². The van der Waals surface area contributed by atoms with Crippen molar-refractivity contribution >= 4 is 22.5 Å². The molecule has 1 unspecified atom stereocenters. The lowest BCUT2D eigenvalue weighted by molar-refractivity contribution is -0.122. The zero-order valence-electron chi connectivity index (χ0n) is 18.8. The summed E-state index contributed by atoms with van der Waals surface area (Å²) in [5.74, 6) is 0.872. The van der Waals surface area contributed by atoms with Crippen molar-refractivity contribution in [2.75, 3.05) is 31.1 Å². The van der Waals surface area contributed by atoms with Crippen molar-refractivity contribution in [2.45, 2.75) is 40.2 Å². The third kappa shape index (κ3) is 4.42. The first-order chi connectivity index (χ1) is 15.0. The molecule has 1 N–H and O–H groups in total. The van der Waals surface area contributed by atoms with Crippen molar-refractivity contribution in [3.05, 3.63) is 36.5 Å². The predicted molar refractivity (Wildman–Crippen MR) is 123 cm³/mol. The molecule has 4 rings (SSSR count). The lowest BCUT2D eigenvalue weighted by Gasteiger charge is -2.24. The van der Waals surface area contributed by atoms with Gasteiger partial charge in [-0.1, -0.05) is 6.92 Å². The number of nitrogens with zero attached hydrogens (tertiary/aromatic N) is 4. The maximum Gasteiger partial charge on any atom is 0.231 e. The second-order valence-corrected chi connectivity index (χ2v) is 8.32. The summed E-state index contributed by atoms with van der Waals surface area (Å²) in [6.07, 6.45) is 2.79. The number of fused-ring (bicyclic) bond motifs is 1. The monoisotopic (exact) mass is 421 g/mol. The third-order valence-corrected chi connectivity index (χ3v) is 5.88.